The summed E-state index contributed by atoms with van der Waals surface area (Å²) < 4.78 is 0. The fraction of sp³-hybridized carbons (Fsp3) is 0.200. The number of anilines is 1. The van der Waals surface area contributed by atoms with Crippen molar-refractivity contribution < 1.29 is 4.79 Å². The molecule has 0 aliphatic rings. The molecule has 3 aromatic rings. The summed E-state index contributed by atoms with van der Waals surface area (Å²) >= 11 is 2.83. The van der Waals surface area contributed by atoms with Gasteiger partial charge in [-0.15, -0.1) is 31.7 Å². The fourth-order valence-corrected chi connectivity index (χ4v) is 2.70. The maximum absolute atomic E-state index is 11.8. The summed E-state index contributed by atoms with van der Waals surface area (Å²) in [4.78, 5) is 14.0. The van der Waals surface area contributed by atoms with Crippen molar-refractivity contribution in [2.24, 2.45) is 0 Å². The van der Waals surface area contributed by atoms with E-state index in [0.29, 0.717) is 11.0 Å². The van der Waals surface area contributed by atoms with Crippen LogP contribution in [0, 0.1) is 6.92 Å². The van der Waals surface area contributed by atoms with E-state index >= 15 is 0 Å². The van der Waals surface area contributed by atoms with Crippen molar-refractivity contribution in [2.45, 2.75) is 13.5 Å². The highest BCUT2D eigenvalue weighted by atomic mass is 32.1. The summed E-state index contributed by atoms with van der Waals surface area (Å²) in [5.74, 6) is 0.246. The molecule has 3 heterocycles. The van der Waals surface area contributed by atoms with Gasteiger partial charge in [0.25, 0.3) is 0 Å². The number of aryl methyl sites for hydroxylation is 1. The number of nitrogens with one attached hydrogen (secondary N) is 1. The van der Waals surface area contributed by atoms with Gasteiger partial charge in [-0.3, -0.25) is 10.1 Å². The minimum absolute atomic E-state index is 0.0169. The Hall–Kier alpha value is -2.20. The van der Waals surface area contributed by atoms with Gasteiger partial charge in [-0.2, -0.15) is 4.80 Å². The number of aromatic nitrogens is 6. The topological polar surface area (TPSA) is 98.5 Å². The summed E-state index contributed by atoms with van der Waals surface area (Å²) in [6, 6.07) is 3.81. The van der Waals surface area contributed by atoms with E-state index < -0.39 is 0 Å². The van der Waals surface area contributed by atoms with Gasteiger partial charge in [0.05, 0.1) is 4.88 Å². The quantitative estimate of drug-likeness (QED) is 0.777. The largest absolute Gasteiger partial charge is 0.299 e. The van der Waals surface area contributed by atoms with Gasteiger partial charge in [0.2, 0.25) is 16.9 Å². The van der Waals surface area contributed by atoms with Crippen LogP contribution in [0.3, 0.4) is 0 Å². The van der Waals surface area contributed by atoms with Gasteiger partial charge in [0.1, 0.15) is 11.6 Å². The lowest BCUT2D eigenvalue weighted by molar-refractivity contribution is -0.117. The summed E-state index contributed by atoms with van der Waals surface area (Å²) in [6.07, 6.45) is 0. The Balaban J connectivity index is 1.64. The molecule has 0 saturated carbocycles. The normalized spacial score (nSPS) is 10.7. The third kappa shape index (κ3) is 2.86. The molecule has 0 radical (unpaired) electrons. The first-order chi connectivity index (χ1) is 9.70. The Morgan fingerprint density at radius 3 is 3.00 bits per heavy atom. The number of amides is 1. The van der Waals surface area contributed by atoms with E-state index in [0.717, 1.165) is 9.88 Å². The molecule has 0 aliphatic heterocycles. The first-order valence-corrected chi connectivity index (χ1v) is 7.32. The number of carbonyl (C=O) groups excluding carboxylic acids is 1. The third-order valence-corrected chi connectivity index (χ3v) is 3.87. The van der Waals surface area contributed by atoms with E-state index in [2.05, 4.69) is 30.9 Å². The molecule has 0 bridgehead atoms. The Kier molecular flexibility index (Phi) is 3.48. The molecule has 0 aromatic carbocycles. The zero-order chi connectivity index (χ0) is 13.9. The highest BCUT2D eigenvalue weighted by molar-refractivity contribution is 7.15. The molecule has 10 heteroatoms. The van der Waals surface area contributed by atoms with Crippen molar-refractivity contribution in [3.05, 3.63) is 22.5 Å². The lowest BCUT2D eigenvalue weighted by Gasteiger charge is -1.98. The van der Waals surface area contributed by atoms with E-state index in [1.165, 1.54) is 27.5 Å². The Morgan fingerprint density at radius 1 is 1.40 bits per heavy atom. The number of carbonyl (C=O) groups is 1. The Labute approximate surface area is 121 Å². The predicted octanol–water partition coefficient (Wildman–Crippen LogP) is 1.20. The van der Waals surface area contributed by atoms with E-state index in [1.807, 2.05) is 24.4 Å². The van der Waals surface area contributed by atoms with Crippen molar-refractivity contribution in [3.63, 3.8) is 0 Å². The minimum Gasteiger partial charge on any atom is -0.299 e. The molecule has 0 atom stereocenters. The maximum atomic E-state index is 11.8. The first kappa shape index (κ1) is 12.8. The average molecular weight is 307 g/mol. The highest BCUT2D eigenvalue weighted by Gasteiger charge is 2.11. The van der Waals surface area contributed by atoms with E-state index in [1.54, 1.807) is 0 Å². The van der Waals surface area contributed by atoms with Gasteiger partial charge in [0.15, 0.2) is 0 Å². The van der Waals surface area contributed by atoms with Crippen molar-refractivity contribution in [2.75, 3.05) is 5.32 Å². The third-order valence-electron chi connectivity index (χ3n) is 2.25. The second kappa shape index (κ2) is 5.43. The van der Waals surface area contributed by atoms with Crippen LogP contribution in [-0.2, 0) is 11.3 Å². The van der Waals surface area contributed by atoms with Gasteiger partial charge in [-0.25, -0.2) is 0 Å². The van der Waals surface area contributed by atoms with Crippen molar-refractivity contribution >= 4 is 33.7 Å². The lowest BCUT2D eigenvalue weighted by atomic mass is 10.5. The van der Waals surface area contributed by atoms with Crippen LogP contribution in [0.2, 0.25) is 0 Å². The van der Waals surface area contributed by atoms with Crippen LogP contribution in [0.5, 0.6) is 0 Å². The van der Waals surface area contributed by atoms with Gasteiger partial charge in [-0.1, -0.05) is 17.4 Å². The molecule has 0 saturated heterocycles. The molecule has 0 spiro atoms. The SMILES string of the molecule is Cc1nnc(NC(=O)Cn2nnc(-c3cccs3)n2)s1. The molecule has 102 valence electrons. The number of tetrazole rings is 1. The average Bonchev–Trinajstić information content (AvgIpc) is 3.10. The van der Waals surface area contributed by atoms with E-state index in [9.17, 15) is 4.79 Å². The van der Waals surface area contributed by atoms with Crippen molar-refractivity contribution in [1.82, 2.24) is 30.4 Å². The van der Waals surface area contributed by atoms with E-state index in [-0.39, 0.29) is 12.5 Å². The maximum Gasteiger partial charge on any atom is 0.249 e. The predicted molar refractivity (Wildman–Crippen MR) is 74.4 cm³/mol. The number of hydrogen-bond donors (Lipinski definition) is 1. The number of hydrogen-bond acceptors (Lipinski definition) is 8. The molecule has 8 nitrogen and oxygen atoms in total. The molecule has 1 N–H and O–H groups in total. The molecule has 1 amide bonds. The van der Waals surface area contributed by atoms with Gasteiger partial charge in [-0.05, 0) is 23.6 Å². The van der Waals surface area contributed by atoms with E-state index in [4.69, 9.17) is 0 Å². The second-order valence-electron chi connectivity index (χ2n) is 3.80. The highest BCUT2D eigenvalue weighted by Crippen LogP contribution is 2.19. The van der Waals surface area contributed by atoms with Crippen LogP contribution in [0.15, 0.2) is 17.5 Å². The van der Waals surface area contributed by atoms with Gasteiger partial charge >= 0.3 is 0 Å². The molecule has 0 fully saturated rings. The van der Waals surface area contributed by atoms with Crippen LogP contribution in [0.25, 0.3) is 10.7 Å². The standard InChI is InChI=1S/C10H9N7OS2/c1-6-12-14-10(20-6)11-8(18)5-17-15-9(13-16-17)7-3-2-4-19-7/h2-4H,5H2,1H3,(H,11,14,18). The summed E-state index contributed by atoms with van der Waals surface area (Å²) in [6.45, 7) is 1.80. The Morgan fingerprint density at radius 2 is 2.30 bits per heavy atom. The number of thiophene rings is 1. The smallest absolute Gasteiger partial charge is 0.249 e. The zero-order valence-electron chi connectivity index (χ0n) is 10.3. The zero-order valence-corrected chi connectivity index (χ0v) is 12.0. The van der Waals surface area contributed by atoms with Crippen LogP contribution in [0.1, 0.15) is 5.01 Å². The number of nitrogens with zero attached hydrogens (tertiary/aromatic N) is 6. The Bertz CT molecular complexity index is 718. The molecular formula is C10H9N7OS2. The molecule has 0 unspecified atom stereocenters. The first-order valence-electron chi connectivity index (χ1n) is 5.62. The lowest BCUT2D eigenvalue weighted by Crippen LogP contribution is -2.20. The molecule has 20 heavy (non-hydrogen) atoms. The summed E-state index contributed by atoms with van der Waals surface area (Å²) in [7, 11) is 0. The van der Waals surface area contributed by atoms with Gasteiger partial charge < -0.3 is 0 Å². The van der Waals surface area contributed by atoms with Crippen LogP contribution < -0.4 is 5.32 Å². The van der Waals surface area contributed by atoms with Crippen LogP contribution >= 0.6 is 22.7 Å². The van der Waals surface area contributed by atoms with Crippen molar-refractivity contribution in [3.8, 4) is 10.7 Å². The molecule has 3 aromatic heterocycles. The molecule has 0 aliphatic carbocycles. The van der Waals surface area contributed by atoms with Crippen LogP contribution in [0.4, 0.5) is 5.13 Å². The minimum atomic E-state index is -0.267. The fourth-order valence-electron chi connectivity index (χ4n) is 1.45. The molecule has 3 rings (SSSR count). The summed E-state index contributed by atoms with van der Waals surface area (Å²) in [5, 5.41) is 25.4. The number of rotatable bonds is 4. The summed E-state index contributed by atoms with van der Waals surface area (Å²) in [5.41, 5.74) is 0. The monoisotopic (exact) mass is 307 g/mol. The van der Waals surface area contributed by atoms with Gasteiger partial charge in [0, 0.05) is 0 Å². The van der Waals surface area contributed by atoms with Crippen molar-refractivity contribution in [1.29, 1.82) is 0 Å². The molecular weight excluding hydrogens is 298 g/mol. The second-order valence-corrected chi connectivity index (χ2v) is 5.92. The van der Waals surface area contributed by atoms with Crippen LogP contribution in [-0.4, -0.2) is 36.3 Å².